The first kappa shape index (κ1) is 33.2. The molecular weight excluding hydrogens is 709 g/mol. The van der Waals surface area contributed by atoms with Crippen LogP contribution in [0.2, 0.25) is 0 Å². The molecule has 0 bridgehead atoms. The molecule has 0 atom stereocenters. The summed E-state index contributed by atoms with van der Waals surface area (Å²) < 4.78 is 5.04. The quantitative estimate of drug-likeness (QED) is 0.158. The van der Waals surface area contributed by atoms with E-state index >= 15 is 0 Å². The number of hydrogen-bond acceptors (Lipinski definition) is 2. The van der Waals surface area contributed by atoms with Gasteiger partial charge in [0.15, 0.2) is 0 Å². The molecule has 268 valence electrons. The Morgan fingerprint density at radius 2 is 0.860 bits per heavy atom. The molecule has 0 fully saturated rings. The highest BCUT2D eigenvalue weighted by atomic mass is 32.1. The van der Waals surface area contributed by atoms with E-state index in [4.69, 9.17) is 0 Å². The summed E-state index contributed by atoms with van der Waals surface area (Å²) in [6.45, 7) is 0. The maximum atomic E-state index is 2.41. The maximum Gasteiger partial charge on any atom is 0.0547 e. The fourth-order valence-electron chi connectivity index (χ4n) is 8.60. The fraction of sp³-hybridized carbons (Fsp3) is 0. The van der Waals surface area contributed by atoms with Crippen LogP contribution in [0.5, 0.6) is 0 Å². The molecule has 0 unspecified atom stereocenters. The van der Waals surface area contributed by atoms with Gasteiger partial charge in [0.2, 0.25) is 0 Å². The molecule has 0 radical (unpaired) electrons. The van der Waals surface area contributed by atoms with Crippen molar-refractivity contribution in [3.63, 3.8) is 0 Å². The highest BCUT2D eigenvalue weighted by Gasteiger charge is 2.20. The normalized spacial score (nSPS) is 11.5. The van der Waals surface area contributed by atoms with E-state index in [2.05, 4.69) is 228 Å². The lowest BCUT2D eigenvalue weighted by atomic mass is 9.98. The molecule has 9 aromatic carbocycles. The summed E-state index contributed by atoms with van der Waals surface area (Å²) in [5.74, 6) is 0. The van der Waals surface area contributed by atoms with Gasteiger partial charge in [-0.1, -0.05) is 146 Å². The smallest absolute Gasteiger partial charge is 0.0547 e. The number of benzene rings is 9. The van der Waals surface area contributed by atoms with Gasteiger partial charge in [0.1, 0.15) is 0 Å². The van der Waals surface area contributed by atoms with Crippen LogP contribution in [0.4, 0.5) is 17.1 Å². The summed E-state index contributed by atoms with van der Waals surface area (Å²) in [5.41, 5.74) is 14.1. The van der Waals surface area contributed by atoms with Gasteiger partial charge in [-0.15, -0.1) is 11.3 Å². The third kappa shape index (κ3) is 5.71. The minimum atomic E-state index is 1.10. The van der Waals surface area contributed by atoms with Gasteiger partial charge in [-0.25, -0.2) is 0 Å². The van der Waals surface area contributed by atoms with E-state index in [1.165, 1.54) is 75.4 Å². The number of aromatic nitrogens is 1. The Bertz CT molecular complexity index is 3200. The second-order valence-corrected chi connectivity index (χ2v) is 15.6. The van der Waals surface area contributed by atoms with Crippen molar-refractivity contribution >= 4 is 70.4 Å². The van der Waals surface area contributed by atoms with Crippen molar-refractivity contribution in [2.75, 3.05) is 4.90 Å². The molecule has 2 aromatic heterocycles. The predicted molar refractivity (Wildman–Crippen MR) is 245 cm³/mol. The van der Waals surface area contributed by atoms with Crippen molar-refractivity contribution in [1.29, 1.82) is 0 Å². The number of hydrogen-bond donors (Lipinski definition) is 0. The molecule has 2 heterocycles. The van der Waals surface area contributed by atoms with Crippen LogP contribution in [-0.2, 0) is 0 Å². The van der Waals surface area contributed by atoms with Crippen molar-refractivity contribution in [3.05, 3.63) is 218 Å². The minimum absolute atomic E-state index is 1.10. The maximum absolute atomic E-state index is 2.41. The highest BCUT2D eigenvalue weighted by Crippen LogP contribution is 2.44. The average molecular weight is 745 g/mol. The number of para-hydroxylation sites is 1. The van der Waals surface area contributed by atoms with Crippen LogP contribution in [0.1, 0.15) is 0 Å². The van der Waals surface area contributed by atoms with Gasteiger partial charge in [0, 0.05) is 53.7 Å². The summed E-state index contributed by atoms with van der Waals surface area (Å²) in [5, 5.41) is 5.10. The molecule has 0 saturated carbocycles. The molecule has 11 rings (SSSR count). The Balaban J connectivity index is 1.11. The van der Waals surface area contributed by atoms with E-state index in [0.717, 1.165) is 22.7 Å². The lowest BCUT2D eigenvalue weighted by Crippen LogP contribution is -2.10. The SMILES string of the molecule is c1ccc(-c2ccc(N(c3ccc(-c4cccc5sc6ccccc6c45)cc3)c3ccc4c(c3)c3c(-c5ccccc5)cccc3n4-c3ccccc3)cc2)cc1. The van der Waals surface area contributed by atoms with Gasteiger partial charge in [-0.05, 0) is 106 Å². The monoisotopic (exact) mass is 744 g/mol. The number of rotatable bonds is 7. The molecule has 0 aliphatic rings. The molecule has 0 N–H and O–H groups in total. The fourth-order valence-corrected chi connectivity index (χ4v) is 9.73. The van der Waals surface area contributed by atoms with Crippen molar-refractivity contribution in [2.24, 2.45) is 0 Å². The third-order valence-electron chi connectivity index (χ3n) is 11.2. The van der Waals surface area contributed by atoms with Crippen LogP contribution in [0.15, 0.2) is 218 Å². The minimum Gasteiger partial charge on any atom is -0.310 e. The molecule has 0 spiro atoms. The Hall–Kier alpha value is -7.20. The van der Waals surface area contributed by atoms with E-state index < -0.39 is 0 Å². The van der Waals surface area contributed by atoms with Gasteiger partial charge in [0.05, 0.1) is 11.0 Å². The highest BCUT2D eigenvalue weighted by molar-refractivity contribution is 7.25. The first-order valence-electron chi connectivity index (χ1n) is 19.4. The van der Waals surface area contributed by atoms with Crippen LogP contribution in [0.25, 0.3) is 81.0 Å². The van der Waals surface area contributed by atoms with E-state index in [-0.39, 0.29) is 0 Å². The molecule has 11 aromatic rings. The number of anilines is 3. The summed E-state index contributed by atoms with van der Waals surface area (Å²) >= 11 is 1.86. The molecule has 0 aliphatic heterocycles. The standard InChI is InChI=1S/C54H36N2S/c1-4-14-37(15-5-1)38-26-30-42(31-27-38)55(43-32-28-40(29-33-43)46-22-13-25-52-54(46)47-20-10-11-24-51(47)57-52)44-34-35-49-48(36-44)53-45(39-16-6-2-7-17-39)21-12-23-50(53)56(49)41-18-8-3-9-19-41/h1-36H. The third-order valence-corrected chi connectivity index (χ3v) is 12.3. The number of fused-ring (bicyclic) bond motifs is 6. The van der Waals surface area contributed by atoms with Crippen LogP contribution in [0, 0.1) is 0 Å². The van der Waals surface area contributed by atoms with E-state index in [9.17, 15) is 0 Å². The molecule has 57 heavy (non-hydrogen) atoms. The van der Waals surface area contributed by atoms with Crippen molar-refractivity contribution in [2.45, 2.75) is 0 Å². The number of nitrogens with zero attached hydrogens (tertiary/aromatic N) is 2. The summed E-state index contributed by atoms with van der Waals surface area (Å²) in [6.07, 6.45) is 0. The molecule has 0 aliphatic carbocycles. The van der Waals surface area contributed by atoms with E-state index in [1.54, 1.807) is 0 Å². The van der Waals surface area contributed by atoms with Crippen molar-refractivity contribution in [1.82, 2.24) is 4.57 Å². The Labute approximate surface area is 335 Å². The summed E-state index contributed by atoms with van der Waals surface area (Å²) in [7, 11) is 0. The second kappa shape index (κ2) is 13.8. The molecular formula is C54H36N2S. The summed E-state index contributed by atoms with van der Waals surface area (Å²) in [4.78, 5) is 2.40. The van der Waals surface area contributed by atoms with Crippen molar-refractivity contribution in [3.8, 4) is 39.1 Å². The van der Waals surface area contributed by atoms with Gasteiger partial charge in [-0.2, -0.15) is 0 Å². The number of thiophene rings is 1. The zero-order chi connectivity index (χ0) is 37.7. The van der Waals surface area contributed by atoms with Gasteiger partial charge in [-0.3, -0.25) is 0 Å². The first-order valence-corrected chi connectivity index (χ1v) is 20.2. The van der Waals surface area contributed by atoms with Gasteiger partial charge < -0.3 is 9.47 Å². The van der Waals surface area contributed by atoms with E-state index in [0.29, 0.717) is 0 Å². The van der Waals surface area contributed by atoms with Crippen LogP contribution >= 0.6 is 11.3 Å². The topological polar surface area (TPSA) is 8.17 Å². The van der Waals surface area contributed by atoms with Gasteiger partial charge in [0.25, 0.3) is 0 Å². The lowest BCUT2D eigenvalue weighted by Gasteiger charge is -2.26. The van der Waals surface area contributed by atoms with Crippen LogP contribution in [0.3, 0.4) is 0 Å². The van der Waals surface area contributed by atoms with Crippen molar-refractivity contribution < 1.29 is 0 Å². The largest absolute Gasteiger partial charge is 0.310 e. The zero-order valence-electron chi connectivity index (χ0n) is 31.1. The molecule has 2 nitrogen and oxygen atoms in total. The Morgan fingerprint density at radius 1 is 0.333 bits per heavy atom. The molecule has 0 amide bonds. The lowest BCUT2D eigenvalue weighted by molar-refractivity contribution is 1.18. The first-order chi connectivity index (χ1) is 28.3. The predicted octanol–water partition coefficient (Wildman–Crippen LogP) is 15.6. The molecule has 3 heteroatoms. The summed E-state index contributed by atoms with van der Waals surface area (Å²) in [6, 6.07) is 79.3. The average Bonchev–Trinajstić information content (AvgIpc) is 3.84. The van der Waals surface area contributed by atoms with Crippen LogP contribution in [-0.4, -0.2) is 4.57 Å². The molecule has 0 saturated heterocycles. The van der Waals surface area contributed by atoms with Crippen LogP contribution < -0.4 is 4.90 Å². The van der Waals surface area contributed by atoms with E-state index in [1.807, 2.05) is 11.3 Å². The zero-order valence-corrected chi connectivity index (χ0v) is 31.9. The van der Waals surface area contributed by atoms with Gasteiger partial charge >= 0.3 is 0 Å². The Morgan fingerprint density at radius 3 is 1.58 bits per heavy atom. The second-order valence-electron chi connectivity index (χ2n) is 14.5. The Kier molecular flexibility index (Phi) is 8.04.